The van der Waals surface area contributed by atoms with Crippen LogP contribution in [0.25, 0.3) is 0 Å². The van der Waals surface area contributed by atoms with Gasteiger partial charge in [-0.25, -0.2) is 4.39 Å². The molecule has 2 fully saturated rings. The molecule has 3 rings (SSSR count). The van der Waals surface area contributed by atoms with Gasteiger partial charge in [0.15, 0.2) is 0 Å². The van der Waals surface area contributed by atoms with E-state index in [4.69, 9.17) is 0 Å². The molecule has 0 radical (unpaired) electrons. The Balaban J connectivity index is 1.50. The molecule has 25 heavy (non-hydrogen) atoms. The number of carbonyl (C=O) groups excluding carboxylic acids is 2. The average Bonchev–Trinajstić information content (AvgIpc) is 2.58. The summed E-state index contributed by atoms with van der Waals surface area (Å²) in [5.41, 5.74) is 0.616. The maximum absolute atomic E-state index is 13.9. The second-order valence-corrected chi connectivity index (χ2v) is 8.71. The molecule has 2 aliphatic rings. The van der Waals surface area contributed by atoms with Crippen molar-refractivity contribution in [3.8, 4) is 0 Å². The molecule has 7 heteroatoms. The Morgan fingerprint density at radius 1 is 1.32 bits per heavy atom. The normalized spacial score (nSPS) is 23.9. The molecular weight excluding hydrogens is 341 g/mol. The molecule has 136 valence electrons. The van der Waals surface area contributed by atoms with E-state index in [-0.39, 0.29) is 23.7 Å². The minimum absolute atomic E-state index is 0.0624. The van der Waals surface area contributed by atoms with Crippen LogP contribution in [0.4, 0.5) is 10.1 Å². The zero-order valence-corrected chi connectivity index (χ0v) is 15.4. The Labute approximate surface area is 151 Å². The van der Waals surface area contributed by atoms with Gasteiger partial charge < -0.3 is 15.5 Å². The number of thioether (sulfide) groups is 1. The summed E-state index contributed by atoms with van der Waals surface area (Å²) in [6, 6.07) is 6.35. The molecule has 2 N–H and O–H groups in total. The van der Waals surface area contributed by atoms with Crippen LogP contribution in [0.1, 0.15) is 26.7 Å². The number of nitrogens with one attached hydrogen (secondary N) is 2. The number of piperidine rings is 1. The Morgan fingerprint density at radius 3 is 2.64 bits per heavy atom. The van der Waals surface area contributed by atoms with Crippen molar-refractivity contribution in [3.05, 3.63) is 30.1 Å². The maximum Gasteiger partial charge on any atom is 0.243 e. The third-order valence-corrected chi connectivity index (χ3v) is 6.22. The summed E-state index contributed by atoms with van der Waals surface area (Å²) in [5, 5.41) is 5.84. The van der Waals surface area contributed by atoms with Gasteiger partial charge in [-0.1, -0.05) is 12.1 Å². The largest absolute Gasteiger partial charge is 0.369 e. The Hall–Kier alpha value is -1.76. The fourth-order valence-electron chi connectivity index (χ4n) is 3.15. The Morgan fingerprint density at radius 2 is 2.00 bits per heavy atom. The summed E-state index contributed by atoms with van der Waals surface area (Å²) in [7, 11) is 0. The van der Waals surface area contributed by atoms with E-state index in [9.17, 15) is 14.0 Å². The van der Waals surface area contributed by atoms with Crippen molar-refractivity contribution in [3.63, 3.8) is 0 Å². The Kier molecular flexibility index (Phi) is 5.22. The number of hydrogen-bond acceptors (Lipinski definition) is 4. The van der Waals surface area contributed by atoms with Gasteiger partial charge in [-0.05, 0) is 38.8 Å². The molecular formula is C18H24FN3O2S. The molecule has 0 unspecified atom stereocenters. The lowest BCUT2D eigenvalue weighted by Gasteiger charge is -2.36. The number of rotatable bonds is 3. The summed E-state index contributed by atoms with van der Waals surface area (Å²) in [6.07, 6.45) is 1.53. The zero-order chi connectivity index (χ0) is 18.0. The molecule has 0 saturated carbocycles. The molecule has 2 aliphatic heterocycles. The third-order valence-electron chi connectivity index (χ3n) is 4.81. The van der Waals surface area contributed by atoms with Crippen LogP contribution in [0.3, 0.4) is 0 Å². The standard InChI is InChI=1S/C18H24FN3O2S/c1-18(2)17(24)21-14(11-25-18)16(23)20-12-7-9-22(10-8-12)15-6-4-3-5-13(15)19/h3-6,12,14H,7-11H2,1-2H3,(H,20,23)(H,21,24)/t14-/m1/s1. The second kappa shape index (κ2) is 7.23. The van der Waals surface area contributed by atoms with Crippen LogP contribution in [-0.2, 0) is 9.59 Å². The van der Waals surface area contributed by atoms with E-state index in [0.29, 0.717) is 24.5 Å². The number of anilines is 1. The number of benzene rings is 1. The molecule has 1 aromatic carbocycles. The van der Waals surface area contributed by atoms with E-state index in [1.54, 1.807) is 12.1 Å². The fourth-order valence-corrected chi connectivity index (χ4v) is 4.15. The molecule has 1 aromatic rings. The van der Waals surface area contributed by atoms with E-state index in [1.807, 2.05) is 24.8 Å². The number of nitrogens with zero attached hydrogens (tertiary/aromatic N) is 1. The molecule has 2 heterocycles. The highest BCUT2D eigenvalue weighted by Crippen LogP contribution is 2.29. The summed E-state index contributed by atoms with van der Waals surface area (Å²) >= 11 is 1.50. The second-order valence-electron chi connectivity index (χ2n) is 7.07. The van der Waals surface area contributed by atoms with E-state index < -0.39 is 10.8 Å². The highest BCUT2D eigenvalue weighted by Gasteiger charge is 2.38. The average molecular weight is 365 g/mol. The fraction of sp³-hybridized carbons (Fsp3) is 0.556. The van der Waals surface area contributed by atoms with Crippen molar-refractivity contribution >= 4 is 29.3 Å². The predicted molar refractivity (Wildman–Crippen MR) is 98.2 cm³/mol. The number of para-hydroxylation sites is 1. The first kappa shape index (κ1) is 18.0. The predicted octanol–water partition coefficient (Wildman–Crippen LogP) is 1.92. The van der Waals surface area contributed by atoms with Crippen molar-refractivity contribution in [1.82, 2.24) is 10.6 Å². The van der Waals surface area contributed by atoms with Gasteiger partial charge in [-0.2, -0.15) is 0 Å². The molecule has 0 spiro atoms. The lowest BCUT2D eigenvalue weighted by Crippen LogP contribution is -2.59. The zero-order valence-electron chi connectivity index (χ0n) is 14.5. The van der Waals surface area contributed by atoms with Crippen molar-refractivity contribution in [2.24, 2.45) is 0 Å². The van der Waals surface area contributed by atoms with Crippen molar-refractivity contribution in [1.29, 1.82) is 0 Å². The van der Waals surface area contributed by atoms with Gasteiger partial charge >= 0.3 is 0 Å². The number of carbonyl (C=O) groups is 2. The van der Waals surface area contributed by atoms with E-state index in [0.717, 1.165) is 12.8 Å². The third kappa shape index (κ3) is 4.08. The first-order chi connectivity index (χ1) is 11.9. The summed E-state index contributed by atoms with van der Waals surface area (Å²) < 4.78 is 13.4. The lowest BCUT2D eigenvalue weighted by atomic mass is 10.0. The smallest absolute Gasteiger partial charge is 0.243 e. The Bertz CT molecular complexity index is 659. The van der Waals surface area contributed by atoms with Crippen LogP contribution >= 0.6 is 11.8 Å². The summed E-state index contributed by atoms with van der Waals surface area (Å²) in [4.78, 5) is 26.4. The lowest BCUT2D eigenvalue weighted by molar-refractivity contribution is -0.130. The topological polar surface area (TPSA) is 61.4 Å². The van der Waals surface area contributed by atoms with Gasteiger partial charge in [0.05, 0.1) is 10.4 Å². The summed E-state index contributed by atoms with van der Waals surface area (Å²) in [6.45, 7) is 5.12. The minimum atomic E-state index is -0.484. The molecule has 0 aromatic heterocycles. The molecule has 2 amide bonds. The SMILES string of the molecule is CC1(C)SC[C@H](C(=O)NC2CCN(c3ccccc3F)CC2)NC1=O. The first-order valence-corrected chi connectivity index (χ1v) is 9.60. The first-order valence-electron chi connectivity index (χ1n) is 8.61. The number of halogens is 1. The molecule has 2 saturated heterocycles. The van der Waals surface area contributed by atoms with Gasteiger partial charge in [0, 0.05) is 24.9 Å². The van der Waals surface area contributed by atoms with Gasteiger partial charge in [-0.15, -0.1) is 11.8 Å². The molecule has 0 aliphatic carbocycles. The van der Waals surface area contributed by atoms with Crippen molar-refractivity contribution < 1.29 is 14.0 Å². The van der Waals surface area contributed by atoms with E-state index >= 15 is 0 Å². The summed E-state index contributed by atoms with van der Waals surface area (Å²) in [5.74, 6) is 0.145. The van der Waals surface area contributed by atoms with Gasteiger partial charge in [0.2, 0.25) is 11.8 Å². The highest BCUT2D eigenvalue weighted by molar-refractivity contribution is 8.01. The van der Waals surface area contributed by atoms with E-state index in [2.05, 4.69) is 10.6 Å². The van der Waals surface area contributed by atoms with E-state index in [1.165, 1.54) is 17.8 Å². The minimum Gasteiger partial charge on any atom is -0.369 e. The quantitative estimate of drug-likeness (QED) is 0.859. The van der Waals surface area contributed by atoms with Crippen LogP contribution in [-0.4, -0.2) is 47.5 Å². The number of hydrogen-bond donors (Lipinski definition) is 2. The maximum atomic E-state index is 13.9. The molecule has 1 atom stereocenters. The van der Waals surface area contributed by atoms with Crippen LogP contribution in [0.15, 0.2) is 24.3 Å². The van der Waals surface area contributed by atoms with Gasteiger partial charge in [0.1, 0.15) is 11.9 Å². The van der Waals surface area contributed by atoms with Crippen LogP contribution in [0, 0.1) is 5.82 Å². The molecule has 0 bridgehead atoms. The van der Waals surface area contributed by atoms with Gasteiger partial charge in [0.25, 0.3) is 0 Å². The van der Waals surface area contributed by atoms with Crippen LogP contribution < -0.4 is 15.5 Å². The number of amides is 2. The van der Waals surface area contributed by atoms with Gasteiger partial charge in [-0.3, -0.25) is 9.59 Å². The van der Waals surface area contributed by atoms with Crippen LogP contribution in [0.5, 0.6) is 0 Å². The monoisotopic (exact) mass is 365 g/mol. The molecule has 5 nitrogen and oxygen atoms in total. The highest BCUT2D eigenvalue weighted by atomic mass is 32.2. The van der Waals surface area contributed by atoms with Crippen LogP contribution in [0.2, 0.25) is 0 Å². The van der Waals surface area contributed by atoms with Crippen molar-refractivity contribution in [2.45, 2.75) is 43.5 Å². The van der Waals surface area contributed by atoms with Crippen molar-refractivity contribution in [2.75, 3.05) is 23.7 Å².